The fourth-order valence-electron chi connectivity index (χ4n) is 5.46. The normalized spacial score (nSPS) is 11.5. The highest BCUT2D eigenvalue weighted by Crippen LogP contribution is 2.46. The van der Waals surface area contributed by atoms with E-state index in [1.807, 2.05) is 12.1 Å². The van der Waals surface area contributed by atoms with Crippen LogP contribution >= 0.6 is 11.8 Å². The summed E-state index contributed by atoms with van der Waals surface area (Å²) in [6.45, 7) is 0. The van der Waals surface area contributed by atoms with Gasteiger partial charge >= 0.3 is 0 Å². The van der Waals surface area contributed by atoms with Crippen molar-refractivity contribution >= 4 is 70.0 Å². The van der Waals surface area contributed by atoms with Crippen LogP contribution in [0.15, 0.2) is 82.6 Å². The van der Waals surface area contributed by atoms with E-state index < -0.39 is 23.4 Å². The molecule has 4 aromatic carbocycles. The third kappa shape index (κ3) is 9.52. The van der Waals surface area contributed by atoms with Crippen LogP contribution in [0.2, 0.25) is 0 Å². The molecule has 13 nitrogen and oxygen atoms in total. The average Bonchev–Trinajstić information content (AvgIpc) is 3.17. The molecule has 1 heterocycles. The number of amides is 2. The summed E-state index contributed by atoms with van der Waals surface area (Å²) in [5, 5.41) is 8.92. The molecule has 0 aromatic heterocycles. The molecule has 54 heavy (non-hydrogen) atoms. The van der Waals surface area contributed by atoms with Crippen LogP contribution in [0.25, 0.3) is 12.2 Å². The first-order valence-corrected chi connectivity index (χ1v) is 17.2. The van der Waals surface area contributed by atoms with Gasteiger partial charge in [0, 0.05) is 21.2 Å². The first-order chi connectivity index (χ1) is 26.1. The smallest absolute Gasteiger partial charge is 0.232 e. The number of allylic oxidation sites excluding steroid dienone is 2. The number of ketones is 2. The second-order valence-corrected chi connectivity index (χ2v) is 12.7. The number of carbonyl (C=O) groups is 4. The van der Waals surface area contributed by atoms with Crippen LogP contribution < -0.4 is 44.4 Å². The van der Waals surface area contributed by atoms with Crippen molar-refractivity contribution in [2.24, 2.45) is 0 Å². The lowest BCUT2D eigenvalue weighted by Gasteiger charge is -2.22. The van der Waals surface area contributed by atoms with Crippen molar-refractivity contribution in [3.8, 4) is 34.5 Å². The number of carbonyl (C=O) groups excluding carboxylic acids is 4. The van der Waals surface area contributed by atoms with Crippen molar-refractivity contribution in [1.82, 2.24) is 0 Å². The second kappa shape index (κ2) is 17.9. The molecule has 1 aliphatic heterocycles. The Bertz CT molecular complexity index is 1950. The molecule has 0 saturated carbocycles. The minimum absolute atomic E-state index is 0.363. The number of methoxy groups -OCH3 is 6. The maximum Gasteiger partial charge on any atom is 0.232 e. The van der Waals surface area contributed by atoms with Crippen LogP contribution in [0.4, 0.5) is 22.7 Å². The Kier molecular flexibility index (Phi) is 12.9. The van der Waals surface area contributed by atoms with Gasteiger partial charge in [0.25, 0.3) is 0 Å². The predicted octanol–water partition coefficient (Wildman–Crippen LogP) is 7.17. The van der Waals surface area contributed by atoms with Gasteiger partial charge in [-0.3, -0.25) is 19.2 Å². The van der Waals surface area contributed by atoms with Crippen LogP contribution in [-0.2, 0) is 19.2 Å². The van der Waals surface area contributed by atoms with E-state index in [4.69, 9.17) is 28.4 Å². The number of hydrogen-bond donors (Lipinski definition) is 3. The molecular weight excluding hydrogens is 715 g/mol. The molecule has 0 spiro atoms. The number of fused-ring (bicyclic) bond motifs is 2. The summed E-state index contributed by atoms with van der Waals surface area (Å²) in [6, 6.07) is 17.5. The van der Waals surface area contributed by atoms with Gasteiger partial charge in [0.1, 0.15) is 0 Å². The van der Waals surface area contributed by atoms with Crippen LogP contribution in [0.3, 0.4) is 0 Å². The Hall–Kier alpha value is -6.41. The Labute approximate surface area is 316 Å². The molecule has 3 N–H and O–H groups in total. The SMILES string of the molecule is COc1cc(/C=C/C(=O)CC(=O)Nc2ccc3c(c2)Sc2cc(NC(=O)CC(=O)/C=C/c4cc(OC)c(OC)c(OC)c4)ccc2N3)cc(OC)c1OC. The molecule has 0 saturated heterocycles. The zero-order valence-electron chi connectivity index (χ0n) is 30.5. The van der Waals surface area contributed by atoms with Gasteiger partial charge < -0.3 is 44.4 Å². The Balaban J connectivity index is 1.16. The van der Waals surface area contributed by atoms with Crippen molar-refractivity contribution < 1.29 is 47.6 Å². The summed E-state index contributed by atoms with van der Waals surface area (Å²) < 4.78 is 32.1. The maximum atomic E-state index is 12.8. The van der Waals surface area contributed by atoms with Crippen molar-refractivity contribution in [1.29, 1.82) is 0 Å². The molecule has 0 fully saturated rings. The van der Waals surface area contributed by atoms with Gasteiger partial charge in [0.05, 0.1) is 66.9 Å². The molecule has 1 aliphatic rings. The predicted molar refractivity (Wildman–Crippen MR) is 207 cm³/mol. The fraction of sp³-hybridized carbons (Fsp3) is 0.200. The van der Waals surface area contributed by atoms with E-state index in [9.17, 15) is 19.2 Å². The van der Waals surface area contributed by atoms with Crippen molar-refractivity contribution in [2.75, 3.05) is 58.6 Å². The highest BCUT2D eigenvalue weighted by molar-refractivity contribution is 7.99. The van der Waals surface area contributed by atoms with Crippen molar-refractivity contribution in [2.45, 2.75) is 22.6 Å². The van der Waals surface area contributed by atoms with E-state index in [-0.39, 0.29) is 12.8 Å². The second-order valence-electron chi connectivity index (χ2n) is 11.6. The molecule has 2 amide bonds. The monoisotopic (exact) mass is 753 g/mol. The highest BCUT2D eigenvalue weighted by atomic mass is 32.2. The summed E-state index contributed by atoms with van der Waals surface area (Å²) in [6.07, 6.45) is 5.07. The van der Waals surface area contributed by atoms with Crippen LogP contribution in [-0.4, -0.2) is 66.0 Å². The molecule has 4 aromatic rings. The first kappa shape index (κ1) is 38.8. The number of hydrogen-bond acceptors (Lipinski definition) is 12. The standard InChI is InChI=1S/C40H39N3O10S/c1-48-31-15-23(16-32(49-2)39(31)52-5)7-11-27(44)21-37(46)41-25-9-13-29-35(19-25)54-36-20-26(10-14-30(36)43-29)42-38(47)22-28(45)12-8-24-17-33(50-3)40(53-6)34(18-24)51-4/h7-20,43H,21-22H2,1-6H3,(H,41,46)(H,42,47)/b11-7+,12-8+. The lowest BCUT2D eigenvalue weighted by molar-refractivity contribution is -0.124. The summed E-state index contributed by atoms with van der Waals surface area (Å²) in [4.78, 5) is 52.4. The van der Waals surface area contributed by atoms with E-state index >= 15 is 0 Å². The van der Waals surface area contributed by atoms with Gasteiger partial charge in [0.2, 0.25) is 23.3 Å². The van der Waals surface area contributed by atoms with Crippen LogP contribution in [0.5, 0.6) is 34.5 Å². The molecular formula is C40H39N3O10S. The minimum atomic E-state index is -0.471. The molecule has 14 heteroatoms. The molecule has 5 rings (SSSR count). The number of anilines is 4. The molecule has 0 aliphatic carbocycles. The zero-order chi connectivity index (χ0) is 38.8. The van der Waals surface area contributed by atoms with E-state index in [1.54, 1.807) is 60.7 Å². The Morgan fingerprint density at radius 1 is 0.556 bits per heavy atom. The number of rotatable bonds is 16. The van der Waals surface area contributed by atoms with Gasteiger partial charge in [-0.05, 0) is 83.9 Å². The molecule has 0 unspecified atom stereocenters. The molecule has 280 valence electrons. The molecule has 0 atom stereocenters. The fourth-order valence-corrected chi connectivity index (χ4v) is 6.52. The summed E-state index contributed by atoms with van der Waals surface area (Å²) in [7, 11) is 9.00. The summed E-state index contributed by atoms with van der Waals surface area (Å²) in [5.41, 5.74) is 3.96. The van der Waals surface area contributed by atoms with E-state index in [0.717, 1.165) is 21.2 Å². The highest BCUT2D eigenvalue weighted by Gasteiger charge is 2.19. The van der Waals surface area contributed by atoms with Crippen LogP contribution in [0.1, 0.15) is 24.0 Å². The minimum Gasteiger partial charge on any atom is -0.493 e. The Morgan fingerprint density at radius 2 is 0.926 bits per heavy atom. The molecule has 0 radical (unpaired) electrons. The van der Waals surface area contributed by atoms with Crippen molar-refractivity contribution in [3.63, 3.8) is 0 Å². The van der Waals surface area contributed by atoms with Crippen molar-refractivity contribution in [3.05, 3.63) is 83.9 Å². The van der Waals surface area contributed by atoms with Gasteiger partial charge in [-0.2, -0.15) is 0 Å². The topological polar surface area (TPSA) is 160 Å². The number of nitrogens with one attached hydrogen (secondary N) is 3. The van der Waals surface area contributed by atoms with E-state index in [1.165, 1.54) is 66.6 Å². The third-order valence-corrected chi connectivity index (χ3v) is 9.10. The molecule has 0 bridgehead atoms. The largest absolute Gasteiger partial charge is 0.493 e. The van der Waals surface area contributed by atoms with Gasteiger partial charge in [-0.15, -0.1) is 0 Å². The lowest BCUT2D eigenvalue weighted by atomic mass is 10.1. The summed E-state index contributed by atoms with van der Waals surface area (Å²) >= 11 is 1.44. The average molecular weight is 754 g/mol. The summed E-state index contributed by atoms with van der Waals surface area (Å²) in [5.74, 6) is 0.896. The van der Waals surface area contributed by atoms with E-state index in [0.29, 0.717) is 57.0 Å². The van der Waals surface area contributed by atoms with Gasteiger partial charge in [-0.25, -0.2) is 0 Å². The quantitative estimate of drug-likeness (QED) is 0.0690. The van der Waals surface area contributed by atoms with Gasteiger partial charge in [0.15, 0.2) is 34.6 Å². The zero-order valence-corrected chi connectivity index (χ0v) is 31.3. The van der Waals surface area contributed by atoms with Gasteiger partial charge in [-0.1, -0.05) is 23.9 Å². The van der Waals surface area contributed by atoms with E-state index in [2.05, 4.69) is 16.0 Å². The number of ether oxygens (including phenoxy) is 6. The third-order valence-electron chi connectivity index (χ3n) is 7.99. The maximum absolute atomic E-state index is 12.8. The Morgan fingerprint density at radius 3 is 1.26 bits per heavy atom. The first-order valence-electron chi connectivity index (χ1n) is 16.4. The van der Waals surface area contributed by atoms with Crippen LogP contribution in [0, 0.1) is 0 Å². The number of benzene rings is 4. The lowest BCUT2D eigenvalue weighted by Crippen LogP contribution is -2.16.